The first-order chi connectivity index (χ1) is 11.7. The Morgan fingerprint density at radius 1 is 1.16 bits per heavy atom. The van der Waals surface area contributed by atoms with Crippen molar-refractivity contribution in [3.05, 3.63) is 59.0 Å². The molecule has 136 valence electrons. The number of carbonyl (C=O) groups excluding carboxylic acids is 1. The number of halogens is 2. The van der Waals surface area contributed by atoms with Crippen LogP contribution in [0.3, 0.4) is 0 Å². The summed E-state index contributed by atoms with van der Waals surface area (Å²) in [5.74, 6) is 0.754. The first-order valence-electron chi connectivity index (χ1n) is 7.77. The van der Waals surface area contributed by atoms with Gasteiger partial charge in [-0.1, -0.05) is 23.7 Å². The number of carbonyl (C=O) groups is 1. The highest BCUT2D eigenvalue weighted by Crippen LogP contribution is 2.11. The number of hydrogen-bond donors (Lipinski definition) is 3. The first kappa shape index (κ1) is 21.3. The summed E-state index contributed by atoms with van der Waals surface area (Å²) in [6, 6.07) is 10.9. The second kappa shape index (κ2) is 11.8. The summed E-state index contributed by atoms with van der Waals surface area (Å²) in [6.07, 6.45) is 1.47. The summed E-state index contributed by atoms with van der Waals surface area (Å²) >= 11 is 5.97. The van der Waals surface area contributed by atoms with E-state index in [0.29, 0.717) is 36.4 Å². The lowest BCUT2D eigenvalue weighted by molar-refractivity contribution is 0.0926. The summed E-state index contributed by atoms with van der Waals surface area (Å²) in [7, 11) is 0. The number of aliphatic imine (C=N–C) groups is 1. The number of rotatable bonds is 7. The predicted molar refractivity (Wildman–Crippen MR) is 111 cm³/mol. The molecule has 25 heavy (non-hydrogen) atoms. The minimum absolute atomic E-state index is 0. The van der Waals surface area contributed by atoms with Gasteiger partial charge in [-0.3, -0.25) is 4.79 Å². The summed E-state index contributed by atoms with van der Waals surface area (Å²) in [6.45, 7) is 4.28. The molecule has 0 atom stereocenters. The number of nitrogens with zero attached hydrogens (tertiary/aromatic N) is 1. The summed E-state index contributed by atoms with van der Waals surface area (Å²) in [5.41, 5.74) is 1.03. The molecule has 0 fully saturated rings. The zero-order valence-electron chi connectivity index (χ0n) is 13.9. The van der Waals surface area contributed by atoms with Crippen LogP contribution in [0.4, 0.5) is 0 Å². The molecule has 0 saturated carbocycles. The molecule has 6 nitrogen and oxygen atoms in total. The van der Waals surface area contributed by atoms with E-state index in [2.05, 4.69) is 20.9 Å². The number of nitrogens with one attached hydrogen (secondary N) is 3. The van der Waals surface area contributed by atoms with E-state index in [0.717, 1.165) is 12.1 Å². The van der Waals surface area contributed by atoms with Crippen molar-refractivity contribution in [2.45, 2.75) is 13.5 Å². The maximum atomic E-state index is 11.7. The summed E-state index contributed by atoms with van der Waals surface area (Å²) in [4.78, 5) is 16.2. The van der Waals surface area contributed by atoms with Gasteiger partial charge in [0.25, 0.3) is 5.91 Å². The Labute approximate surface area is 169 Å². The van der Waals surface area contributed by atoms with Crippen LogP contribution in [0, 0.1) is 0 Å². The molecule has 3 N–H and O–H groups in total. The lowest BCUT2D eigenvalue weighted by Gasteiger charge is -2.11. The molecular formula is C17H22ClIN4O2. The Morgan fingerprint density at radius 3 is 2.64 bits per heavy atom. The monoisotopic (exact) mass is 476 g/mol. The van der Waals surface area contributed by atoms with Crippen LogP contribution in [-0.4, -0.2) is 31.5 Å². The van der Waals surface area contributed by atoms with Gasteiger partial charge in [0.15, 0.2) is 11.7 Å². The quantitative estimate of drug-likeness (QED) is 0.248. The highest BCUT2D eigenvalue weighted by atomic mass is 127. The van der Waals surface area contributed by atoms with Crippen molar-refractivity contribution in [2.24, 2.45) is 4.99 Å². The molecular weight excluding hydrogens is 455 g/mol. The Bertz CT molecular complexity index is 677. The molecule has 2 aromatic rings. The van der Waals surface area contributed by atoms with Gasteiger partial charge in [0.2, 0.25) is 0 Å². The Kier molecular flexibility index (Phi) is 10.0. The van der Waals surface area contributed by atoms with E-state index in [1.165, 1.54) is 6.26 Å². The fourth-order valence-electron chi connectivity index (χ4n) is 2.00. The fourth-order valence-corrected chi connectivity index (χ4v) is 2.21. The Morgan fingerprint density at radius 2 is 1.96 bits per heavy atom. The third-order valence-electron chi connectivity index (χ3n) is 3.10. The standard InChI is InChI=1S/C17H21ClN4O2.HI/c1-2-19-17(22-12-13-5-3-6-14(18)11-13)21-9-8-20-16(23)15-7-4-10-24-15;/h3-7,10-11H,2,8-9,12H2,1H3,(H,20,23)(H2,19,21,22);1H. The van der Waals surface area contributed by atoms with Crippen molar-refractivity contribution in [3.8, 4) is 0 Å². The normalized spacial score (nSPS) is 10.7. The van der Waals surface area contributed by atoms with Gasteiger partial charge in [-0.25, -0.2) is 4.99 Å². The van der Waals surface area contributed by atoms with Crippen LogP contribution in [0.2, 0.25) is 5.02 Å². The van der Waals surface area contributed by atoms with E-state index in [1.54, 1.807) is 12.1 Å². The van der Waals surface area contributed by atoms with Crippen LogP contribution in [0.5, 0.6) is 0 Å². The highest BCUT2D eigenvalue weighted by molar-refractivity contribution is 14.0. The average Bonchev–Trinajstić information content (AvgIpc) is 3.11. The van der Waals surface area contributed by atoms with Gasteiger partial charge in [-0.15, -0.1) is 24.0 Å². The third kappa shape index (κ3) is 7.78. The van der Waals surface area contributed by atoms with E-state index >= 15 is 0 Å². The van der Waals surface area contributed by atoms with Gasteiger partial charge in [-0.2, -0.15) is 0 Å². The summed E-state index contributed by atoms with van der Waals surface area (Å²) in [5, 5.41) is 9.79. The summed E-state index contributed by atoms with van der Waals surface area (Å²) < 4.78 is 5.03. The van der Waals surface area contributed by atoms with Crippen molar-refractivity contribution < 1.29 is 9.21 Å². The van der Waals surface area contributed by atoms with E-state index < -0.39 is 0 Å². The van der Waals surface area contributed by atoms with Crippen LogP contribution >= 0.6 is 35.6 Å². The molecule has 0 unspecified atom stereocenters. The van der Waals surface area contributed by atoms with Gasteiger partial charge in [-0.05, 0) is 36.8 Å². The van der Waals surface area contributed by atoms with E-state index in [4.69, 9.17) is 16.0 Å². The number of amides is 1. The van der Waals surface area contributed by atoms with Gasteiger partial charge in [0.05, 0.1) is 12.8 Å². The van der Waals surface area contributed by atoms with Crippen LogP contribution in [-0.2, 0) is 6.54 Å². The number of benzene rings is 1. The van der Waals surface area contributed by atoms with Crippen LogP contribution in [0.15, 0.2) is 52.1 Å². The van der Waals surface area contributed by atoms with E-state index in [-0.39, 0.29) is 29.9 Å². The van der Waals surface area contributed by atoms with Gasteiger partial charge in [0.1, 0.15) is 0 Å². The second-order valence-corrected chi connectivity index (χ2v) is 5.42. The molecule has 0 bridgehead atoms. The van der Waals surface area contributed by atoms with Crippen LogP contribution < -0.4 is 16.0 Å². The average molecular weight is 477 g/mol. The molecule has 8 heteroatoms. The zero-order chi connectivity index (χ0) is 17.2. The minimum Gasteiger partial charge on any atom is -0.459 e. The number of guanidine groups is 1. The lowest BCUT2D eigenvalue weighted by atomic mass is 10.2. The molecule has 0 aliphatic heterocycles. The fraction of sp³-hybridized carbons (Fsp3) is 0.294. The van der Waals surface area contributed by atoms with Gasteiger partial charge in [0, 0.05) is 24.7 Å². The second-order valence-electron chi connectivity index (χ2n) is 4.99. The van der Waals surface area contributed by atoms with Crippen molar-refractivity contribution in [3.63, 3.8) is 0 Å². The first-order valence-corrected chi connectivity index (χ1v) is 8.15. The Balaban J connectivity index is 0.00000312. The van der Waals surface area contributed by atoms with E-state index in [1.807, 2.05) is 31.2 Å². The molecule has 2 rings (SSSR count). The van der Waals surface area contributed by atoms with Crippen molar-refractivity contribution in [1.82, 2.24) is 16.0 Å². The SMILES string of the molecule is CCNC(=NCc1cccc(Cl)c1)NCCNC(=O)c1ccco1.I. The van der Waals surface area contributed by atoms with Gasteiger partial charge < -0.3 is 20.4 Å². The van der Waals surface area contributed by atoms with Crippen molar-refractivity contribution >= 4 is 47.4 Å². The Hall–Kier alpha value is -1.74. The van der Waals surface area contributed by atoms with Crippen molar-refractivity contribution in [2.75, 3.05) is 19.6 Å². The number of hydrogen-bond acceptors (Lipinski definition) is 3. The van der Waals surface area contributed by atoms with Crippen LogP contribution in [0.1, 0.15) is 23.0 Å². The topological polar surface area (TPSA) is 78.7 Å². The molecule has 0 saturated heterocycles. The molecule has 0 spiro atoms. The number of furan rings is 1. The molecule has 1 aromatic heterocycles. The maximum absolute atomic E-state index is 11.7. The minimum atomic E-state index is -0.234. The predicted octanol–water partition coefficient (Wildman–Crippen LogP) is 3.04. The van der Waals surface area contributed by atoms with Gasteiger partial charge >= 0.3 is 0 Å². The zero-order valence-corrected chi connectivity index (χ0v) is 17.0. The van der Waals surface area contributed by atoms with Crippen LogP contribution in [0.25, 0.3) is 0 Å². The molecule has 1 heterocycles. The molecule has 1 amide bonds. The van der Waals surface area contributed by atoms with E-state index in [9.17, 15) is 4.79 Å². The third-order valence-corrected chi connectivity index (χ3v) is 3.34. The molecule has 0 aliphatic carbocycles. The molecule has 0 radical (unpaired) electrons. The maximum Gasteiger partial charge on any atom is 0.287 e. The highest BCUT2D eigenvalue weighted by Gasteiger charge is 2.06. The lowest BCUT2D eigenvalue weighted by Crippen LogP contribution is -2.41. The molecule has 1 aromatic carbocycles. The van der Waals surface area contributed by atoms with Crippen molar-refractivity contribution in [1.29, 1.82) is 0 Å². The smallest absolute Gasteiger partial charge is 0.287 e. The largest absolute Gasteiger partial charge is 0.459 e. The molecule has 0 aliphatic rings.